The van der Waals surface area contributed by atoms with Gasteiger partial charge in [-0.2, -0.15) is 4.99 Å². The minimum absolute atomic E-state index is 0.160. The van der Waals surface area contributed by atoms with Crippen LogP contribution in [-0.2, 0) is 22.5 Å². The minimum atomic E-state index is -0.910. The van der Waals surface area contributed by atoms with Gasteiger partial charge in [0.2, 0.25) is 0 Å². The van der Waals surface area contributed by atoms with E-state index in [1.165, 1.54) is 11.7 Å². The summed E-state index contributed by atoms with van der Waals surface area (Å²) in [4.78, 5) is 49.3. The average Bonchev–Trinajstić information content (AvgIpc) is 3.08. The maximum atomic E-state index is 12.7. The zero-order valence-corrected chi connectivity index (χ0v) is 17.2. The lowest BCUT2D eigenvalue weighted by atomic mass is 10.1. The lowest BCUT2D eigenvalue weighted by molar-refractivity contribution is -0.394. The lowest BCUT2D eigenvalue weighted by Crippen LogP contribution is -2.22. The van der Waals surface area contributed by atoms with Crippen LogP contribution in [-0.4, -0.2) is 33.4 Å². The van der Waals surface area contributed by atoms with Crippen molar-refractivity contribution in [3.63, 3.8) is 0 Å². The molecular weight excluding hydrogens is 428 g/mol. The first-order valence-electron chi connectivity index (χ1n) is 8.95. The molecule has 1 aromatic heterocycles. The maximum Gasteiger partial charge on any atom is 0.325 e. The summed E-state index contributed by atoms with van der Waals surface area (Å²) in [7, 11) is 1.23. The van der Waals surface area contributed by atoms with Gasteiger partial charge in [-0.05, 0) is 24.1 Å². The van der Waals surface area contributed by atoms with Crippen LogP contribution in [0.25, 0.3) is 10.2 Å². The van der Waals surface area contributed by atoms with Crippen LogP contribution in [0.5, 0.6) is 0 Å². The number of nitrogens with zero attached hydrogens (tertiary/aromatic N) is 4. The molecule has 0 fully saturated rings. The Balaban J connectivity index is 2.18. The zero-order valence-electron chi connectivity index (χ0n) is 16.4. The molecule has 0 spiro atoms. The molecule has 1 heterocycles. The third kappa shape index (κ3) is 4.64. The van der Waals surface area contributed by atoms with E-state index in [2.05, 4.69) is 4.99 Å². The highest BCUT2D eigenvalue weighted by molar-refractivity contribution is 7.16. The number of hydrogen-bond acceptors (Lipinski definition) is 8. The molecule has 3 aromatic rings. The molecule has 160 valence electrons. The van der Waals surface area contributed by atoms with Gasteiger partial charge < -0.3 is 9.30 Å². The molecule has 0 saturated heterocycles. The summed E-state index contributed by atoms with van der Waals surface area (Å²) >= 11 is 1.15. The number of benzene rings is 2. The first-order valence-corrected chi connectivity index (χ1v) is 9.77. The number of hydrogen-bond donors (Lipinski definition) is 0. The van der Waals surface area contributed by atoms with Crippen molar-refractivity contribution in [2.45, 2.75) is 19.9 Å². The third-order valence-corrected chi connectivity index (χ3v) is 5.48. The molecule has 0 N–H and O–H groups in total. The van der Waals surface area contributed by atoms with Crippen molar-refractivity contribution in [1.82, 2.24) is 4.57 Å². The lowest BCUT2D eigenvalue weighted by Gasteiger charge is -2.04. The van der Waals surface area contributed by atoms with Crippen molar-refractivity contribution in [2.24, 2.45) is 4.99 Å². The molecule has 31 heavy (non-hydrogen) atoms. The van der Waals surface area contributed by atoms with E-state index >= 15 is 0 Å². The fraction of sp³-hybridized carbons (Fsp3) is 0.211. The highest BCUT2D eigenvalue weighted by Crippen LogP contribution is 2.24. The van der Waals surface area contributed by atoms with Crippen molar-refractivity contribution >= 4 is 44.8 Å². The molecule has 0 radical (unpaired) electrons. The van der Waals surface area contributed by atoms with Crippen molar-refractivity contribution in [3.8, 4) is 0 Å². The van der Waals surface area contributed by atoms with Crippen LogP contribution in [0.1, 0.15) is 22.8 Å². The van der Waals surface area contributed by atoms with E-state index in [1.807, 2.05) is 19.1 Å². The van der Waals surface area contributed by atoms with Crippen LogP contribution in [0.4, 0.5) is 11.4 Å². The van der Waals surface area contributed by atoms with E-state index in [1.54, 1.807) is 6.07 Å². The molecule has 0 atom stereocenters. The summed E-state index contributed by atoms with van der Waals surface area (Å²) in [6.45, 7) is 1.78. The number of aromatic nitrogens is 1. The highest BCUT2D eigenvalue weighted by atomic mass is 32.1. The Morgan fingerprint density at radius 1 is 1.10 bits per heavy atom. The smallest absolute Gasteiger partial charge is 0.325 e. The summed E-state index contributed by atoms with van der Waals surface area (Å²) in [5.41, 5.74) is 0.200. The molecule has 0 aliphatic heterocycles. The number of amides is 1. The molecule has 0 aliphatic rings. The van der Waals surface area contributed by atoms with Crippen molar-refractivity contribution < 1.29 is 24.2 Å². The Morgan fingerprint density at radius 2 is 1.74 bits per heavy atom. The Morgan fingerprint density at radius 3 is 2.29 bits per heavy atom. The molecule has 12 heteroatoms. The summed E-state index contributed by atoms with van der Waals surface area (Å²) < 4.78 is 6.99. The summed E-state index contributed by atoms with van der Waals surface area (Å²) in [5.74, 6) is -1.47. The normalized spacial score (nSPS) is 11.5. The monoisotopic (exact) mass is 444 g/mol. The van der Waals surface area contributed by atoms with Gasteiger partial charge in [-0.25, -0.2) is 0 Å². The number of nitro benzene ring substituents is 2. The van der Waals surface area contributed by atoms with Gasteiger partial charge in [0.25, 0.3) is 17.3 Å². The second-order valence-electron chi connectivity index (χ2n) is 6.37. The molecule has 3 rings (SSSR count). The fourth-order valence-electron chi connectivity index (χ4n) is 2.85. The molecule has 0 unspecified atom stereocenters. The van der Waals surface area contributed by atoms with Gasteiger partial charge in [0.05, 0.1) is 38.8 Å². The minimum Gasteiger partial charge on any atom is -0.468 e. The van der Waals surface area contributed by atoms with Crippen LogP contribution in [0.3, 0.4) is 0 Å². The van der Waals surface area contributed by atoms with Crippen LogP contribution in [0.2, 0.25) is 0 Å². The van der Waals surface area contributed by atoms with E-state index < -0.39 is 33.1 Å². The SMILES string of the molecule is CCc1ccc2c(c1)sc(=NC(=O)c1cc([N+](=O)[O-])cc([N+](=O)[O-])c1)n2CC(=O)OC. The van der Waals surface area contributed by atoms with Gasteiger partial charge in [-0.3, -0.25) is 29.8 Å². The topological polar surface area (TPSA) is 147 Å². The first-order chi connectivity index (χ1) is 14.7. The highest BCUT2D eigenvalue weighted by Gasteiger charge is 2.20. The number of non-ortho nitro benzene ring substituents is 2. The predicted octanol–water partition coefficient (Wildman–Crippen LogP) is 3.00. The molecule has 0 saturated carbocycles. The average molecular weight is 444 g/mol. The van der Waals surface area contributed by atoms with Crippen LogP contribution >= 0.6 is 11.3 Å². The Hall–Kier alpha value is -3.93. The number of ether oxygens (including phenoxy) is 1. The standard InChI is InChI=1S/C19H16N4O7S/c1-3-11-4-5-15-16(6-11)31-19(21(15)10-17(24)30-2)20-18(25)12-7-13(22(26)27)9-14(8-12)23(28)29/h4-9H,3,10H2,1-2H3. The van der Waals surface area contributed by atoms with E-state index in [0.717, 1.165) is 46.2 Å². The third-order valence-electron chi connectivity index (χ3n) is 4.44. The number of methoxy groups -OCH3 is 1. The zero-order chi connectivity index (χ0) is 22.7. The van der Waals surface area contributed by atoms with Gasteiger partial charge in [0, 0.05) is 12.1 Å². The summed E-state index contributed by atoms with van der Waals surface area (Å²) in [6.07, 6.45) is 0.785. The first kappa shape index (κ1) is 21.8. The van der Waals surface area contributed by atoms with E-state index in [9.17, 15) is 29.8 Å². The number of rotatable bonds is 6. The second kappa shape index (κ2) is 8.83. The van der Waals surface area contributed by atoms with E-state index in [4.69, 9.17) is 4.74 Å². The van der Waals surface area contributed by atoms with E-state index in [-0.39, 0.29) is 16.9 Å². The van der Waals surface area contributed by atoms with Crippen LogP contribution in [0.15, 0.2) is 41.4 Å². The van der Waals surface area contributed by atoms with Gasteiger partial charge >= 0.3 is 5.97 Å². The number of carbonyl (C=O) groups is 2. The van der Waals surface area contributed by atoms with Crippen LogP contribution in [0, 0.1) is 20.2 Å². The Kier molecular flexibility index (Phi) is 6.20. The van der Waals surface area contributed by atoms with Gasteiger partial charge in [-0.15, -0.1) is 0 Å². The Bertz CT molecular complexity index is 1260. The van der Waals surface area contributed by atoms with Crippen molar-refractivity contribution in [2.75, 3.05) is 7.11 Å². The summed E-state index contributed by atoms with van der Waals surface area (Å²) in [6, 6.07) is 8.21. The number of thiazole rings is 1. The number of esters is 1. The molecule has 0 aliphatic carbocycles. The molecule has 2 aromatic carbocycles. The number of carbonyl (C=O) groups excluding carboxylic acids is 2. The predicted molar refractivity (Wildman–Crippen MR) is 111 cm³/mol. The fourth-order valence-corrected chi connectivity index (χ4v) is 3.94. The van der Waals surface area contributed by atoms with Gasteiger partial charge in [0.15, 0.2) is 4.80 Å². The summed E-state index contributed by atoms with van der Waals surface area (Å²) in [5, 5.41) is 22.2. The number of nitro groups is 2. The van der Waals surface area contributed by atoms with Gasteiger partial charge in [0.1, 0.15) is 6.54 Å². The molecule has 0 bridgehead atoms. The maximum absolute atomic E-state index is 12.7. The number of fused-ring (bicyclic) bond motifs is 1. The largest absolute Gasteiger partial charge is 0.468 e. The van der Waals surface area contributed by atoms with Crippen molar-refractivity contribution in [1.29, 1.82) is 0 Å². The van der Waals surface area contributed by atoms with Crippen LogP contribution < -0.4 is 4.80 Å². The molecule has 11 nitrogen and oxygen atoms in total. The molecular formula is C19H16N4O7S. The van der Waals surface area contributed by atoms with Gasteiger partial charge in [-0.1, -0.05) is 24.3 Å². The number of aryl methyl sites for hydroxylation is 1. The van der Waals surface area contributed by atoms with Crippen molar-refractivity contribution in [3.05, 3.63) is 72.6 Å². The Labute approximate surface area is 178 Å². The molecule has 1 amide bonds. The second-order valence-corrected chi connectivity index (χ2v) is 7.38. The quantitative estimate of drug-likeness (QED) is 0.322. The van der Waals surface area contributed by atoms with E-state index in [0.29, 0.717) is 5.52 Å².